The normalized spacial score (nSPS) is 15.2. The van der Waals surface area contributed by atoms with Gasteiger partial charge < -0.3 is 9.47 Å². The van der Waals surface area contributed by atoms with Gasteiger partial charge >= 0.3 is 0 Å². The van der Waals surface area contributed by atoms with E-state index in [2.05, 4.69) is 34.7 Å². The summed E-state index contributed by atoms with van der Waals surface area (Å²) in [6.07, 6.45) is 7.72. The van der Waals surface area contributed by atoms with Gasteiger partial charge in [-0.05, 0) is 37.8 Å². The molecule has 0 aliphatic carbocycles. The monoisotopic (exact) mass is 391 g/mol. The van der Waals surface area contributed by atoms with Gasteiger partial charge in [0.1, 0.15) is 5.82 Å². The number of nitrogens with zero attached hydrogens (tertiary/aromatic N) is 5. The zero-order chi connectivity index (χ0) is 20.4. The molecule has 1 saturated heterocycles. The number of para-hydroxylation sites is 1. The van der Waals surface area contributed by atoms with E-state index < -0.39 is 0 Å². The largest absolute Gasteiger partial charge is 0.339 e. The molecule has 0 saturated carbocycles. The van der Waals surface area contributed by atoms with Crippen LogP contribution in [0.5, 0.6) is 0 Å². The molecule has 152 valence electrons. The highest BCUT2D eigenvalue weighted by Gasteiger charge is 2.26. The number of carbonyl (C=O) groups is 1. The number of benzene rings is 1. The fourth-order valence-corrected chi connectivity index (χ4v) is 4.19. The van der Waals surface area contributed by atoms with E-state index in [-0.39, 0.29) is 5.91 Å². The van der Waals surface area contributed by atoms with Crippen LogP contribution in [0.1, 0.15) is 54.5 Å². The fraction of sp³-hybridized carbons (Fsp3) is 0.435. The second-order valence-corrected chi connectivity index (χ2v) is 8.22. The van der Waals surface area contributed by atoms with E-state index in [4.69, 9.17) is 0 Å². The Morgan fingerprint density at radius 2 is 1.90 bits per heavy atom. The summed E-state index contributed by atoms with van der Waals surface area (Å²) in [5, 5.41) is 4.45. The molecule has 4 rings (SSSR count). The van der Waals surface area contributed by atoms with Gasteiger partial charge in [-0.3, -0.25) is 4.79 Å². The van der Waals surface area contributed by atoms with Gasteiger partial charge in [0.15, 0.2) is 0 Å². The van der Waals surface area contributed by atoms with Crippen LogP contribution in [0.15, 0.2) is 48.9 Å². The Kier molecular flexibility index (Phi) is 5.51. The fourth-order valence-electron chi connectivity index (χ4n) is 4.19. The molecule has 1 aromatic carbocycles. The lowest BCUT2D eigenvalue weighted by molar-refractivity contribution is 0.0681. The van der Waals surface area contributed by atoms with Crippen LogP contribution in [0.3, 0.4) is 0 Å². The van der Waals surface area contributed by atoms with Gasteiger partial charge in [-0.15, -0.1) is 0 Å². The summed E-state index contributed by atoms with van der Waals surface area (Å²) in [6, 6.07) is 9.94. The van der Waals surface area contributed by atoms with E-state index in [9.17, 15) is 4.79 Å². The van der Waals surface area contributed by atoms with Gasteiger partial charge in [0.25, 0.3) is 5.91 Å². The molecule has 0 N–H and O–H groups in total. The van der Waals surface area contributed by atoms with E-state index in [0.29, 0.717) is 17.4 Å². The Labute approximate surface area is 172 Å². The number of carbonyl (C=O) groups excluding carboxylic acids is 1. The summed E-state index contributed by atoms with van der Waals surface area (Å²) in [7, 11) is 0. The molecule has 1 amide bonds. The highest BCUT2D eigenvalue weighted by Crippen LogP contribution is 2.24. The van der Waals surface area contributed by atoms with Crippen molar-refractivity contribution in [3.8, 4) is 5.69 Å². The molecule has 0 unspecified atom stereocenters. The lowest BCUT2D eigenvalue weighted by atomic mass is 9.96. The zero-order valence-corrected chi connectivity index (χ0v) is 17.5. The van der Waals surface area contributed by atoms with E-state index in [1.165, 1.54) is 0 Å². The third-order valence-corrected chi connectivity index (χ3v) is 5.86. The third-order valence-electron chi connectivity index (χ3n) is 5.86. The van der Waals surface area contributed by atoms with Crippen molar-refractivity contribution >= 4 is 5.91 Å². The summed E-state index contributed by atoms with van der Waals surface area (Å²) in [4.78, 5) is 19.6. The van der Waals surface area contributed by atoms with Gasteiger partial charge in [-0.2, -0.15) is 5.10 Å². The van der Waals surface area contributed by atoms with E-state index in [0.717, 1.165) is 49.7 Å². The van der Waals surface area contributed by atoms with Crippen LogP contribution in [0.25, 0.3) is 5.69 Å². The van der Waals surface area contributed by atoms with Gasteiger partial charge in [0, 0.05) is 37.9 Å². The van der Waals surface area contributed by atoms with Gasteiger partial charge in [0.2, 0.25) is 0 Å². The number of rotatable bonds is 5. The van der Waals surface area contributed by atoms with E-state index in [1.807, 2.05) is 53.0 Å². The second-order valence-electron chi connectivity index (χ2n) is 8.22. The SMILES string of the molecule is Cc1c(C(=O)N2CCC(Cn3ccnc3C(C)C)CC2)cnn1-c1ccccc1. The maximum atomic E-state index is 13.1. The minimum Gasteiger partial charge on any atom is -0.339 e. The van der Waals surface area contributed by atoms with Gasteiger partial charge in [-0.1, -0.05) is 32.0 Å². The summed E-state index contributed by atoms with van der Waals surface area (Å²) < 4.78 is 4.12. The molecule has 6 heteroatoms. The lowest BCUT2D eigenvalue weighted by Crippen LogP contribution is -2.39. The van der Waals surface area contributed by atoms with Crippen molar-refractivity contribution in [3.63, 3.8) is 0 Å². The number of amides is 1. The van der Waals surface area contributed by atoms with Crippen LogP contribution in [0.2, 0.25) is 0 Å². The molecular formula is C23H29N5O. The third kappa shape index (κ3) is 3.97. The molecule has 29 heavy (non-hydrogen) atoms. The Bertz CT molecular complexity index is 964. The van der Waals surface area contributed by atoms with Gasteiger partial charge in [0.05, 0.1) is 23.1 Å². The Morgan fingerprint density at radius 3 is 2.59 bits per heavy atom. The van der Waals surface area contributed by atoms with Crippen molar-refractivity contribution in [3.05, 3.63) is 66.0 Å². The van der Waals surface area contributed by atoms with Crippen LogP contribution in [-0.4, -0.2) is 43.2 Å². The molecule has 1 fully saturated rings. The smallest absolute Gasteiger partial charge is 0.257 e. The van der Waals surface area contributed by atoms with Crippen molar-refractivity contribution in [2.75, 3.05) is 13.1 Å². The van der Waals surface area contributed by atoms with Crippen LogP contribution >= 0.6 is 0 Å². The van der Waals surface area contributed by atoms with Crippen molar-refractivity contribution in [2.45, 2.75) is 46.1 Å². The quantitative estimate of drug-likeness (QED) is 0.659. The molecule has 0 radical (unpaired) electrons. The number of aromatic nitrogens is 4. The molecule has 2 aromatic heterocycles. The zero-order valence-electron chi connectivity index (χ0n) is 17.5. The molecule has 3 aromatic rings. The minimum atomic E-state index is 0.0913. The average molecular weight is 392 g/mol. The Morgan fingerprint density at radius 1 is 1.17 bits per heavy atom. The standard InChI is InChI=1S/C23H29N5O/c1-17(2)22-24-11-14-27(22)16-19-9-12-26(13-10-19)23(29)21-15-25-28(18(21)3)20-7-5-4-6-8-20/h4-8,11,14-15,17,19H,9-10,12-13,16H2,1-3H3. The average Bonchev–Trinajstić information content (AvgIpc) is 3.35. The van der Waals surface area contributed by atoms with E-state index >= 15 is 0 Å². The van der Waals surface area contributed by atoms with Crippen molar-refractivity contribution < 1.29 is 4.79 Å². The summed E-state index contributed by atoms with van der Waals surface area (Å²) in [6.45, 7) is 8.90. The minimum absolute atomic E-state index is 0.0913. The molecule has 6 nitrogen and oxygen atoms in total. The van der Waals surface area contributed by atoms with Crippen molar-refractivity contribution in [2.24, 2.45) is 5.92 Å². The van der Waals surface area contributed by atoms with Crippen LogP contribution in [0, 0.1) is 12.8 Å². The molecule has 0 spiro atoms. The summed E-state index contributed by atoms with van der Waals surface area (Å²) in [5.74, 6) is 2.25. The van der Waals surface area contributed by atoms with Crippen molar-refractivity contribution in [1.29, 1.82) is 0 Å². The molecule has 1 aliphatic heterocycles. The number of likely N-dealkylation sites (tertiary alicyclic amines) is 1. The molecular weight excluding hydrogens is 362 g/mol. The number of hydrogen-bond acceptors (Lipinski definition) is 3. The Hall–Kier alpha value is -2.89. The number of piperidine rings is 1. The first-order valence-electron chi connectivity index (χ1n) is 10.4. The summed E-state index contributed by atoms with van der Waals surface area (Å²) >= 11 is 0. The second kappa shape index (κ2) is 8.23. The first-order chi connectivity index (χ1) is 14.0. The highest BCUT2D eigenvalue weighted by atomic mass is 16.2. The topological polar surface area (TPSA) is 56.0 Å². The molecule has 3 heterocycles. The molecule has 0 atom stereocenters. The maximum absolute atomic E-state index is 13.1. The number of imidazole rings is 1. The predicted molar refractivity (Wildman–Crippen MR) is 113 cm³/mol. The van der Waals surface area contributed by atoms with Gasteiger partial charge in [-0.25, -0.2) is 9.67 Å². The highest BCUT2D eigenvalue weighted by molar-refractivity contribution is 5.95. The first kappa shape index (κ1) is 19.4. The molecule has 1 aliphatic rings. The molecule has 0 bridgehead atoms. The van der Waals surface area contributed by atoms with E-state index in [1.54, 1.807) is 6.20 Å². The Balaban J connectivity index is 1.40. The predicted octanol–water partition coefficient (Wildman–Crippen LogP) is 4.05. The van der Waals surface area contributed by atoms with Crippen LogP contribution in [-0.2, 0) is 6.54 Å². The summed E-state index contributed by atoms with van der Waals surface area (Å²) in [5.41, 5.74) is 2.57. The first-order valence-corrected chi connectivity index (χ1v) is 10.4. The lowest BCUT2D eigenvalue weighted by Gasteiger charge is -2.32. The number of hydrogen-bond donors (Lipinski definition) is 0. The van der Waals surface area contributed by atoms with Crippen LogP contribution in [0.4, 0.5) is 0 Å². The van der Waals surface area contributed by atoms with Crippen LogP contribution < -0.4 is 0 Å². The van der Waals surface area contributed by atoms with Crippen molar-refractivity contribution in [1.82, 2.24) is 24.2 Å². The maximum Gasteiger partial charge on any atom is 0.257 e.